The van der Waals surface area contributed by atoms with E-state index in [9.17, 15) is 9.50 Å². The first-order valence-corrected chi connectivity index (χ1v) is 6.24. The molecule has 19 heavy (non-hydrogen) atoms. The van der Waals surface area contributed by atoms with Gasteiger partial charge in [-0.3, -0.25) is 0 Å². The lowest BCUT2D eigenvalue weighted by molar-refractivity contribution is 0.178. The van der Waals surface area contributed by atoms with E-state index in [0.29, 0.717) is 12.0 Å². The van der Waals surface area contributed by atoms with E-state index in [1.165, 1.54) is 18.2 Å². The molecule has 2 aromatic rings. The number of ether oxygens (including phenoxy) is 1. The highest BCUT2D eigenvalue weighted by atomic mass is 35.5. The average Bonchev–Trinajstić information content (AvgIpc) is 2.42. The molecule has 0 spiro atoms. The quantitative estimate of drug-likeness (QED) is 0.924. The van der Waals surface area contributed by atoms with Crippen LogP contribution in [0.15, 0.2) is 42.5 Å². The van der Waals surface area contributed by atoms with Crippen LogP contribution in [-0.2, 0) is 6.42 Å². The number of methoxy groups -OCH3 is 1. The first kappa shape index (κ1) is 13.8. The molecule has 0 amide bonds. The third kappa shape index (κ3) is 3.46. The minimum Gasteiger partial charge on any atom is -0.497 e. The van der Waals surface area contributed by atoms with Crippen molar-refractivity contribution in [2.24, 2.45) is 0 Å². The Morgan fingerprint density at radius 2 is 1.89 bits per heavy atom. The first-order valence-electron chi connectivity index (χ1n) is 5.86. The number of benzene rings is 2. The van der Waals surface area contributed by atoms with Gasteiger partial charge in [-0.15, -0.1) is 0 Å². The van der Waals surface area contributed by atoms with Crippen LogP contribution in [0.3, 0.4) is 0 Å². The van der Waals surface area contributed by atoms with Gasteiger partial charge in [0.25, 0.3) is 0 Å². The molecule has 0 radical (unpaired) electrons. The van der Waals surface area contributed by atoms with E-state index in [1.807, 2.05) is 24.3 Å². The smallest absolute Gasteiger partial charge is 0.141 e. The molecule has 0 saturated carbocycles. The summed E-state index contributed by atoms with van der Waals surface area (Å²) in [6.45, 7) is 0. The molecular formula is C15H14ClFO2. The molecule has 0 bridgehead atoms. The summed E-state index contributed by atoms with van der Waals surface area (Å²) in [5, 5.41) is 10.1. The van der Waals surface area contributed by atoms with Crippen LogP contribution in [0, 0.1) is 5.82 Å². The Morgan fingerprint density at radius 3 is 2.47 bits per heavy atom. The van der Waals surface area contributed by atoms with Crippen LogP contribution in [0.4, 0.5) is 4.39 Å². The predicted molar refractivity (Wildman–Crippen MR) is 73.1 cm³/mol. The Hall–Kier alpha value is -1.58. The van der Waals surface area contributed by atoms with Gasteiger partial charge in [-0.1, -0.05) is 29.8 Å². The maximum Gasteiger partial charge on any atom is 0.141 e. The van der Waals surface area contributed by atoms with Crippen molar-refractivity contribution in [3.8, 4) is 5.75 Å². The Bertz CT molecular complexity index is 555. The standard InChI is InChI=1S/C15H14ClFO2/c1-19-12-5-2-10(3-6-12)8-15(18)11-4-7-14(17)13(16)9-11/h2-7,9,15,18H,8H2,1H3. The van der Waals surface area contributed by atoms with Crippen molar-refractivity contribution in [2.45, 2.75) is 12.5 Å². The highest BCUT2D eigenvalue weighted by Gasteiger charge is 2.11. The average molecular weight is 281 g/mol. The number of rotatable bonds is 4. The lowest BCUT2D eigenvalue weighted by atomic mass is 10.0. The highest BCUT2D eigenvalue weighted by Crippen LogP contribution is 2.24. The SMILES string of the molecule is COc1ccc(CC(O)c2ccc(F)c(Cl)c2)cc1. The summed E-state index contributed by atoms with van der Waals surface area (Å²) in [5.41, 5.74) is 1.57. The van der Waals surface area contributed by atoms with Gasteiger partial charge in [-0.25, -0.2) is 4.39 Å². The zero-order valence-electron chi connectivity index (χ0n) is 10.4. The molecule has 2 rings (SSSR count). The monoisotopic (exact) mass is 280 g/mol. The zero-order chi connectivity index (χ0) is 13.8. The van der Waals surface area contributed by atoms with Crippen LogP contribution in [0.25, 0.3) is 0 Å². The van der Waals surface area contributed by atoms with Gasteiger partial charge in [0.15, 0.2) is 0 Å². The van der Waals surface area contributed by atoms with E-state index in [1.54, 1.807) is 7.11 Å². The second-order valence-electron chi connectivity index (χ2n) is 4.24. The van der Waals surface area contributed by atoms with Crippen molar-refractivity contribution in [2.75, 3.05) is 7.11 Å². The van der Waals surface area contributed by atoms with Gasteiger partial charge >= 0.3 is 0 Å². The predicted octanol–water partition coefficient (Wildman–Crippen LogP) is 3.76. The second-order valence-corrected chi connectivity index (χ2v) is 4.65. The van der Waals surface area contributed by atoms with Crippen molar-refractivity contribution in [1.82, 2.24) is 0 Å². The lowest BCUT2D eigenvalue weighted by Crippen LogP contribution is -2.02. The van der Waals surface area contributed by atoms with E-state index in [-0.39, 0.29) is 5.02 Å². The van der Waals surface area contributed by atoms with Crippen LogP contribution < -0.4 is 4.74 Å². The van der Waals surface area contributed by atoms with Gasteiger partial charge in [0.1, 0.15) is 11.6 Å². The van der Waals surface area contributed by atoms with Crippen molar-refractivity contribution >= 4 is 11.6 Å². The van der Waals surface area contributed by atoms with Crippen LogP contribution in [0.5, 0.6) is 5.75 Å². The molecule has 100 valence electrons. The van der Waals surface area contributed by atoms with Crippen LogP contribution in [-0.4, -0.2) is 12.2 Å². The molecule has 1 N–H and O–H groups in total. The summed E-state index contributed by atoms with van der Waals surface area (Å²) < 4.78 is 18.1. The molecule has 0 aliphatic heterocycles. The van der Waals surface area contributed by atoms with Gasteiger partial charge in [-0.05, 0) is 35.4 Å². The van der Waals surface area contributed by atoms with Crippen molar-refractivity contribution in [3.63, 3.8) is 0 Å². The molecule has 2 nitrogen and oxygen atoms in total. The molecule has 0 aliphatic carbocycles. The minimum atomic E-state index is -0.716. The maximum absolute atomic E-state index is 13.0. The van der Waals surface area contributed by atoms with E-state index in [0.717, 1.165) is 11.3 Å². The number of aliphatic hydroxyl groups is 1. The van der Waals surface area contributed by atoms with E-state index >= 15 is 0 Å². The van der Waals surface area contributed by atoms with E-state index in [4.69, 9.17) is 16.3 Å². The fourth-order valence-corrected chi connectivity index (χ4v) is 2.01. The summed E-state index contributed by atoms with van der Waals surface area (Å²) >= 11 is 5.70. The molecular weight excluding hydrogens is 267 g/mol. The molecule has 0 heterocycles. The molecule has 0 aliphatic rings. The molecule has 1 atom stereocenters. The lowest BCUT2D eigenvalue weighted by Gasteiger charge is -2.12. The molecule has 0 fully saturated rings. The Morgan fingerprint density at radius 1 is 1.21 bits per heavy atom. The van der Waals surface area contributed by atoms with Gasteiger partial charge in [0, 0.05) is 6.42 Å². The van der Waals surface area contributed by atoms with Gasteiger partial charge < -0.3 is 9.84 Å². The maximum atomic E-state index is 13.0. The normalized spacial score (nSPS) is 12.2. The third-order valence-corrected chi connectivity index (χ3v) is 3.21. The molecule has 0 saturated heterocycles. The van der Waals surface area contributed by atoms with Crippen LogP contribution in [0.1, 0.15) is 17.2 Å². The van der Waals surface area contributed by atoms with E-state index < -0.39 is 11.9 Å². The summed E-state index contributed by atoms with van der Waals surface area (Å²) in [4.78, 5) is 0. The summed E-state index contributed by atoms with van der Waals surface area (Å²) in [6, 6.07) is 11.7. The van der Waals surface area contributed by atoms with Crippen LogP contribution >= 0.6 is 11.6 Å². The van der Waals surface area contributed by atoms with Crippen molar-refractivity contribution in [3.05, 3.63) is 64.4 Å². The Labute approximate surface area is 116 Å². The number of halogens is 2. The topological polar surface area (TPSA) is 29.5 Å². The molecule has 0 aromatic heterocycles. The third-order valence-electron chi connectivity index (χ3n) is 2.92. The molecule has 1 unspecified atom stereocenters. The van der Waals surface area contributed by atoms with Gasteiger partial charge in [0.05, 0.1) is 18.2 Å². The summed E-state index contributed by atoms with van der Waals surface area (Å²) in [7, 11) is 1.60. The largest absolute Gasteiger partial charge is 0.497 e. The van der Waals surface area contributed by atoms with Crippen molar-refractivity contribution < 1.29 is 14.2 Å². The molecule has 2 aromatic carbocycles. The van der Waals surface area contributed by atoms with Gasteiger partial charge in [0.2, 0.25) is 0 Å². The number of hydrogen-bond acceptors (Lipinski definition) is 2. The zero-order valence-corrected chi connectivity index (χ0v) is 11.2. The van der Waals surface area contributed by atoms with Gasteiger partial charge in [-0.2, -0.15) is 0 Å². The highest BCUT2D eigenvalue weighted by molar-refractivity contribution is 6.30. The minimum absolute atomic E-state index is 0.0197. The van der Waals surface area contributed by atoms with E-state index in [2.05, 4.69) is 0 Å². The van der Waals surface area contributed by atoms with Crippen LogP contribution in [0.2, 0.25) is 5.02 Å². The summed E-state index contributed by atoms with van der Waals surface area (Å²) in [6.07, 6.45) is -0.280. The Kier molecular flexibility index (Phi) is 4.40. The first-order chi connectivity index (χ1) is 9.10. The Balaban J connectivity index is 2.10. The van der Waals surface area contributed by atoms with Crippen molar-refractivity contribution in [1.29, 1.82) is 0 Å². The molecule has 4 heteroatoms. The fourth-order valence-electron chi connectivity index (χ4n) is 1.82. The fraction of sp³-hybridized carbons (Fsp3) is 0.200. The second kappa shape index (κ2) is 6.04. The summed E-state index contributed by atoms with van der Waals surface area (Å²) in [5.74, 6) is 0.283. The number of aliphatic hydroxyl groups excluding tert-OH is 1. The number of hydrogen-bond donors (Lipinski definition) is 1.